The summed E-state index contributed by atoms with van der Waals surface area (Å²) in [6.07, 6.45) is 2.13. The average Bonchev–Trinajstić information content (AvgIpc) is 2.39. The number of benzene rings is 1. The molecule has 0 aromatic heterocycles. The van der Waals surface area contributed by atoms with E-state index in [0.717, 1.165) is 36.3 Å². The number of hydrogen-bond donors (Lipinski definition) is 2. The summed E-state index contributed by atoms with van der Waals surface area (Å²) < 4.78 is 0. The maximum absolute atomic E-state index is 11.5. The van der Waals surface area contributed by atoms with Gasteiger partial charge in [0.1, 0.15) is 4.99 Å². The lowest BCUT2D eigenvalue weighted by molar-refractivity contribution is -0.118. The Bertz CT molecular complexity index is 435. The summed E-state index contributed by atoms with van der Waals surface area (Å²) in [5.74, 6) is 1.38. The number of amides is 1. The van der Waals surface area contributed by atoms with Crippen LogP contribution in [0.3, 0.4) is 0 Å². The molecule has 1 aromatic rings. The fraction of sp³-hybridized carbons (Fsp3) is 0.429. The molecule has 0 radical (unpaired) electrons. The number of nitrogens with two attached hydrogens (primary N) is 1. The van der Waals surface area contributed by atoms with Crippen molar-refractivity contribution >= 4 is 34.9 Å². The first kappa shape index (κ1) is 16.0. The van der Waals surface area contributed by atoms with Crippen LogP contribution in [0, 0.1) is 0 Å². The van der Waals surface area contributed by atoms with Gasteiger partial charge in [0.15, 0.2) is 0 Å². The van der Waals surface area contributed by atoms with Crippen LogP contribution in [0.1, 0.15) is 30.9 Å². The summed E-state index contributed by atoms with van der Waals surface area (Å²) in [6, 6.07) is 7.83. The topological polar surface area (TPSA) is 55.1 Å². The second-order valence-electron chi connectivity index (χ2n) is 4.26. The van der Waals surface area contributed by atoms with Crippen LogP contribution in [0.2, 0.25) is 0 Å². The molecule has 3 N–H and O–H groups in total. The van der Waals surface area contributed by atoms with Crippen molar-refractivity contribution in [1.29, 1.82) is 0 Å². The molecule has 0 atom stereocenters. The van der Waals surface area contributed by atoms with Gasteiger partial charge in [-0.2, -0.15) is 0 Å². The highest BCUT2D eigenvalue weighted by molar-refractivity contribution is 7.99. The second-order valence-corrected chi connectivity index (χ2v) is 5.69. The van der Waals surface area contributed by atoms with E-state index in [2.05, 4.69) is 12.2 Å². The number of nitrogens with one attached hydrogen (secondary N) is 1. The molecule has 1 amide bonds. The molecule has 5 heteroatoms. The zero-order chi connectivity index (χ0) is 14.1. The maximum Gasteiger partial charge on any atom is 0.230 e. The van der Waals surface area contributed by atoms with Crippen molar-refractivity contribution in [2.45, 2.75) is 25.5 Å². The molecule has 104 valence electrons. The van der Waals surface area contributed by atoms with Crippen LogP contribution in [0.4, 0.5) is 0 Å². The zero-order valence-corrected chi connectivity index (χ0v) is 12.8. The van der Waals surface area contributed by atoms with Crippen LogP contribution in [0.15, 0.2) is 24.3 Å². The van der Waals surface area contributed by atoms with Gasteiger partial charge in [-0.15, -0.1) is 11.8 Å². The van der Waals surface area contributed by atoms with E-state index in [-0.39, 0.29) is 5.91 Å². The molecule has 0 aliphatic heterocycles. The fourth-order valence-electron chi connectivity index (χ4n) is 1.53. The predicted octanol–water partition coefficient (Wildman–Crippen LogP) is 2.47. The lowest BCUT2D eigenvalue weighted by Crippen LogP contribution is -2.26. The summed E-state index contributed by atoms with van der Waals surface area (Å²) in [4.78, 5) is 11.9. The Morgan fingerprint density at radius 1 is 1.47 bits per heavy atom. The smallest absolute Gasteiger partial charge is 0.230 e. The minimum atomic E-state index is 0.101. The predicted molar refractivity (Wildman–Crippen MR) is 86.4 cm³/mol. The van der Waals surface area contributed by atoms with Crippen LogP contribution in [0.25, 0.3) is 0 Å². The Kier molecular flexibility index (Phi) is 7.52. The molecule has 0 aliphatic carbocycles. The van der Waals surface area contributed by atoms with Gasteiger partial charge in [0, 0.05) is 17.9 Å². The van der Waals surface area contributed by atoms with E-state index in [1.165, 1.54) is 0 Å². The first-order valence-corrected chi connectivity index (χ1v) is 7.93. The van der Waals surface area contributed by atoms with Crippen molar-refractivity contribution in [3.05, 3.63) is 35.4 Å². The van der Waals surface area contributed by atoms with Crippen LogP contribution in [-0.4, -0.2) is 23.2 Å². The molecule has 1 aromatic carbocycles. The molecule has 0 saturated heterocycles. The minimum Gasteiger partial charge on any atom is -0.389 e. The van der Waals surface area contributed by atoms with Crippen molar-refractivity contribution < 1.29 is 4.79 Å². The van der Waals surface area contributed by atoms with E-state index in [1.807, 2.05) is 24.3 Å². The Balaban J connectivity index is 2.31. The van der Waals surface area contributed by atoms with Crippen LogP contribution in [0.5, 0.6) is 0 Å². The summed E-state index contributed by atoms with van der Waals surface area (Å²) in [7, 11) is 0. The molecular formula is C14H20N2OS2. The lowest BCUT2D eigenvalue weighted by Gasteiger charge is -2.05. The van der Waals surface area contributed by atoms with Crippen molar-refractivity contribution in [2.24, 2.45) is 5.73 Å². The number of rotatable bonds is 8. The normalized spacial score (nSPS) is 10.2. The molecule has 0 bridgehead atoms. The van der Waals surface area contributed by atoms with E-state index in [9.17, 15) is 4.79 Å². The van der Waals surface area contributed by atoms with Crippen LogP contribution in [-0.2, 0) is 10.5 Å². The van der Waals surface area contributed by atoms with Crippen molar-refractivity contribution in [3.63, 3.8) is 0 Å². The summed E-state index contributed by atoms with van der Waals surface area (Å²) in [5.41, 5.74) is 7.60. The quantitative estimate of drug-likeness (QED) is 0.571. The largest absolute Gasteiger partial charge is 0.389 e. The maximum atomic E-state index is 11.5. The Hall–Kier alpha value is -1.07. The monoisotopic (exact) mass is 296 g/mol. The number of thioether (sulfide) groups is 1. The molecule has 1 rings (SSSR count). The fourth-order valence-corrected chi connectivity index (χ4v) is 2.46. The molecular weight excluding hydrogens is 276 g/mol. The van der Waals surface area contributed by atoms with E-state index in [4.69, 9.17) is 18.0 Å². The summed E-state index contributed by atoms with van der Waals surface area (Å²) in [5, 5.41) is 2.90. The Morgan fingerprint density at radius 2 is 2.26 bits per heavy atom. The van der Waals surface area contributed by atoms with Gasteiger partial charge in [-0.05, 0) is 18.1 Å². The van der Waals surface area contributed by atoms with Gasteiger partial charge in [-0.25, -0.2) is 0 Å². The standard InChI is InChI=1S/C14H20N2OS2/c1-2-3-7-16-13(17)10-19-9-11-5-4-6-12(8-11)14(15)18/h4-6,8H,2-3,7,9-10H2,1H3,(H2,15,18)(H,16,17). The molecule has 0 unspecified atom stereocenters. The minimum absolute atomic E-state index is 0.101. The van der Waals surface area contributed by atoms with Crippen molar-refractivity contribution in [3.8, 4) is 0 Å². The number of carbonyl (C=O) groups is 1. The molecule has 0 spiro atoms. The summed E-state index contributed by atoms with van der Waals surface area (Å²) >= 11 is 6.54. The zero-order valence-electron chi connectivity index (χ0n) is 11.1. The van der Waals surface area contributed by atoms with Gasteiger partial charge in [-0.1, -0.05) is 43.8 Å². The first-order chi connectivity index (χ1) is 9.13. The van der Waals surface area contributed by atoms with Gasteiger partial charge >= 0.3 is 0 Å². The number of unbranched alkanes of at least 4 members (excludes halogenated alkanes) is 1. The third kappa shape index (κ3) is 6.59. The van der Waals surface area contributed by atoms with Gasteiger partial charge in [-0.3, -0.25) is 4.79 Å². The molecule has 0 heterocycles. The highest BCUT2D eigenvalue weighted by atomic mass is 32.2. The third-order valence-electron chi connectivity index (χ3n) is 2.57. The lowest BCUT2D eigenvalue weighted by atomic mass is 10.1. The van der Waals surface area contributed by atoms with E-state index < -0.39 is 0 Å². The summed E-state index contributed by atoms with van der Waals surface area (Å²) in [6.45, 7) is 2.88. The van der Waals surface area contributed by atoms with Gasteiger partial charge in [0.25, 0.3) is 0 Å². The molecule has 0 saturated carbocycles. The van der Waals surface area contributed by atoms with Crippen molar-refractivity contribution in [2.75, 3.05) is 12.3 Å². The molecule has 3 nitrogen and oxygen atoms in total. The molecule has 0 aliphatic rings. The molecule has 0 fully saturated rings. The Labute approximate surface area is 124 Å². The van der Waals surface area contributed by atoms with Crippen LogP contribution < -0.4 is 11.1 Å². The Morgan fingerprint density at radius 3 is 2.95 bits per heavy atom. The third-order valence-corrected chi connectivity index (χ3v) is 3.81. The average molecular weight is 296 g/mol. The highest BCUT2D eigenvalue weighted by Crippen LogP contribution is 2.13. The van der Waals surface area contributed by atoms with Gasteiger partial charge < -0.3 is 11.1 Å². The molecule has 19 heavy (non-hydrogen) atoms. The second kappa shape index (κ2) is 8.93. The van der Waals surface area contributed by atoms with E-state index in [0.29, 0.717) is 10.7 Å². The van der Waals surface area contributed by atoms with Crippen LogP contribution >= 0.6 is 24.0 Å². The highest BCUT2D eigenvalue weighted by Gasteiger charge is 2.02. The van der Waals surface area contributed by atoms with Gasteiger partial charge in [0.05, 0.1) is 5.75 Å². The number of hydrogen-bond acceptors (Lipinski definition) is 3. The van der Waals surface area contributed by atoms with E-state index in [1.54, 1.807) is 11.8 Å². The first-order valence-electron chi connectivity index (χ1n) is 6.36. The van der Waals surface area contributed by atoms with Gasteiger partial charge in [0.2, 0.25) is 5.91 Å². The number of carbonyl (C=O) groups excluding carboxylic acids is 1. The number of thiocarbonyl (C=S) groups is 1. The van der Waals surface area contributed by atoms with E-state index >= 15 is 0 Å². The SMILES string of the molecule is CCCCNC(=O)CSCc1cccc(C(N)=S)c1. The van der Waals surface area contributed by atoms with Crippen molar-refractivity contribution in [1.82, 2.24) is 5.32 Å².